The standard InChI is InChI=1S/C18H28N4O2/c1-22-16(18(24)21-14-10-6-3-7-11-14)15(12-19-22)17(23)20-13-8-4-2-5-9-13/h12-14H,2-11H2,1H3,(H,20,23)(H,21,24). The highest BCUT2D eigenvalue weighted by Crippen LogP contribution is 2.20. The van der Waals surface area contributed by atoms with Crippen molar-refractivity contribution >= 4 is 11.8 Å². The van der Waals surface area contributed by atoms with Crippen LogP contribution in [0.2, 0.25) is 0 Å². The molecule has 0 atom stereocenters. The number of carbonyl (C=O) groups is 2. The highest BCUT2D eigenvalue weighted by atomic mass is 16.2. The van der Waals surface area contributed by atoms with Crippen LogP contribution in [0.25, 0.3) is 0 Å². The van der Waals surface area contributed by atoms with Crippen molar-refractivity contribution in [3.05, 3.63) is 17.5 Å². The number of carbonyl (C=O) groups excluding carboxylic acids is 2. The molecule has 3 rings (SSSR count). The molecule has 132 valence electrons. The number of amides is 2. The van der Waals surface area contributed by atoms with Crippen LogP contribution in [0.15, 0.2) is 6.20 Å². The van der Waals surface area contributed by atoms with E-state index in [1.165, 1.54) is 23.7 Å². The summed E-state index contributed by atoms with van der Waals surface area (Å²) >= 11 is 0. The number of nitrogens with zero attached hydrogens (tertiary/aromatic N) is 2. The Kier molecular flexibility index (Phi) is 5.53. The first-order valence-electron chi connectivity index (χ1n) is 9.29. The normalized spacial score (nSPS) is 19.9. The van der Waals surface area contributed by atoms with Gasteiger partial charge >= 0.3 is 0 Å². The Morgan fingerprint density at radius 3 is 1.96 bits per heavy atom. The summed E-state index contributed by atoms with van der Waals surface area (Å²) in [5.41, 5.74) is 0.755. The predicted octanol–water partition coefficient (Wildman–Crippen LogP) is 2.55. The highest BCUT2D eigenvalue weighted by molar-refractivity contribution is 6.06. The first-order valence-corrected chi connectivity index (χ1v) is 9.29. The van der Waals surface area contributed by atoms with E-state index < -0.39 is 0 Å². The summed E-state index contributed by atoms with van der Waals surface area (Å²) in [4.78, 5) is 25.3. The van der Waals surface area contributed by atoms with Crippen LogP contribution in [0, 0.1) is 0 Å². The molecule has 1 aromatic rings. The van der Waals surface area contributed by atoms with Gasteiger partial charge in [-0.3, -0.25) is 14.3 Å². The Morgan fingerprint density at radius 1 is 0.917 bits per heavy atom. The molecule has 6 heteroatoms. The lowest BCUT2D eigenvalue weighted by Gasteiger charge is -2.24. The van der Waals surface area contributed by atoms with Crippen LogP contribution < -0.4 is 10.6 Å². The Balaban J connectivity index is 1.67. The topological polar surface area (TPSA) is 76.0 Å². The number of aryl methyl sites for hydroxylation is 1. The van der Waals surface area contributed by atoms with Crippen molar-refractivity contribution in [2.45, 2.75) is 76.3 Å². The van der Waals surface area contributed by atoms with E-state index in [0.717, 1.165) is 51.4 Å². The van der Waals surface area contributed by atoms with Gasteiger partial charge in [-0.25, -0.2) is 0 Å². The molecular weight excluding hydrogens is 304 g/mol. The van der Waals surface area contributed by atoms with Crippen molar-refractivity contribution in [3.8, 4) is 0 Å². The van der Waals surface area contributed by atoms with Crippen LogP contribution in [0.1, 0.15) is 85.1 Å². The fraction of sp³-hybridized carbons (Fsp3) is 0.722. The van der Waals surface area contributed by atoms with Crippen molar-refractivity contribution in [1.29, 1.82) is 0 Å². The summed E-state index contributed by atoms with van der Waals surface area (Å²) in [5.74, 6) is -0.362. The molecule has 0 spiro atoms. The van der Waals surface area contributed by atoms with Crippen LogP contribution in [0.5, 0.6) is 0 Å². The SMILES string of the molecule is Cn1ncc(C(=O)NC2CCCCC2)c1C(=O)NC1CCCCC1. The molecule has 1 aromatic heterocycles. The van der Waals surface area contributed by atoms with E-state index in [1.54, 1.807) is 7.05 Å². The minimum absolute atomic E-state index is 0.177. The maximum atomic E-state index is 12.7. The van der Waals surface area contributed by atoms with Crippen molar-refractivity contribution in [2.24, 2.45) is 7.05 Å². The average Bonchev–Trinajstić information content (AvgIpc) is 2.98. The van der Waals surface area contributed by atoms with Crippen LogP contribution in [-0.4, -0.2) is 33.7 Å². The molecule has 2 aliphatic rings. The van der Waals surface area contributed by atoms with E-state index in [0.29, 0.717) is 11.3 Å². The van der Waals surface area contributed by atoms with E-state index in [-0.39, 0.29) is 23.9 Å². The summed E-state index contributed by atoms with van der Waals surface area (Å²) in [7, 11) is 1.72. The molecule has 24 heavy (non-hydrogen) atoms. The summed E-state index contributed by atoms with van der Waals surface area (Å²) in [6.45, 7) is 0. The van der Waals surface area contributed by atoms with Gasteiger partial charge in [0.2, 0.25) is 0 Å². The van der Waals surface area contributed by atoms with Gasteiger partial charge in [0.25, 0.3) is 11.8 Å². The lowest BCUT2D eigenvalue weighted by molar-refractivity contribution is 0.0886. The quantitative estimate of drug-likeness (QED) is 0.889. The first-order chi connectivity index (χ1) is 11.6. The monoisotopic (exact) mass is 332 g/mol. The Hall–Kier alpha value is -1.85. The number of hydrogen-bond acceptors (Lipinski definition) is 3. The molecule has 2 amide bonds. The number of rotatable bonds is 4. The molecule has 1 heterocycles. The lowest BCUT2D eigenvalue weighted by Crippen LogP contribution is -2.40. The van der Waals surface area contributed by atoms with Gasteiger partial charge in [-0.15, -0.1) is 0 Å². The average molecular weight is 332 g/mol. The maximum absolute atomic E-state index is 12.7. The fourth-order valence-electron chi connectivity index (χ4n) is 3.88. The van der Waals surface area contributed by atoms with E-state index in [1.807, 2.05) is 0 Å². The molecule has 2 fully saturated rings. The van der Waals surface area contributed by atoms with Gasteiger partial charge in [0, 0.05) is 19.1 Å². The molecule has 0 saturated heterocycles. The number of nitrogens with one attached hydrogen (secondary N) is 2. The van der Waals surface area contributed by atoms with E-state index >= 15 is 0 Å². The van der Waals surface area contributed by atoms with Gasteiger partial charge in [0.1, 0.15) is 5.69 Å². The first kappa shape index (κ1) is 17.0. The van der Waals surface area contributed by atoms with Gasteiger partial charge in [-0.2, -0.15) is 5.10 Å². The smallest absolute Gasteiger partial charge is 0.270 e. The molecule has 6 nitrogen and oxygen atoms in total. The highest BCUT2D eigenvalue weighted by Gasteiger charge is 2.26. The Morgan fingerprint density at radius 2 is 1.42 bits per heavy atom. The third kappa shape index (κ3) is 3.97. The minimum atomic E-state index is -0.185. The summed E-state index contributed by atoms with van der Waals surface area (Å²) in [6.07, 6.45) is 12.7. The molecule has 0 aromatic carbocycles. The predicted molar refractivity (Wildman–Crippen MR) is 91.9 cm³/mol. The third-order valence-corrected chi connectivity index (χ3v) is 5.28. The van der Waals surface area contributed by atoms with Crippen LogP contribution in [-0.2, 0) is 7.05 Å². The fourth-order valence-corrected chi connectivity index (χ4v) is 3.88. The van der Waals surface area contributed by atoms with Gasteiger partial charge in [0.05, 0.1) is 11.8 Å². The van der Waals surface area contributed by atoms with Crippen molar-refractivity contribution in [3.63, 3.8) is 0 Å². The van der Waals surface area contributed by atoms with Gasteiger partial charge in [0.15, 0.2) is 0 Å². The molecule has 2 N–H and O–H groups in total. The van der Waals surface area contributed by atoms with E-state index in [4.69, 9.17) is 0 Å². The third-order valence-electron chi connectivity index (χ3n) is 5.28. The molecule has 0 radical (unpaired) electrons. The second-order valence-electron chi connectivity index (χ2n) is 7.15. The molecule has 0 unspecified atom stereocenters. The van der Waals surface area contributed by atoms with E-state index in [2.05, 4.69) is 15.7 Å². The number of hydrogen-bond donors (Lipinski definition) is 2. The number of aromatic nitrogens is 2. The second kappa shape index (κ2) is 7.81. The molecule has 0 aliphatic heterocycles. The largest absolute Gasteiger partial charge is 0.349 e. The van der Waals surface area contributed by atoms with Crippen LogP contribution in [0.4, 0.5) is 0 Å². The zero-order valence-corrected chi connectivity index (χ0v) is 14.5. The van der Waals surface area contributed by atoms with Gasteiger partial charge in [-0.05, 0) is 25.7 Å². The van der Waals surface area contributed by atoms with Crippen molar-refractivity contribution in [1.82, 2.24) is 20.4 Å². The summed E-state index contributed by atoms with van der Waals surface area (Å²) in [6, 6.07) is 0.441. The van der Waals surface area contributed by atoms with E-state index in [9.17, 15) is 9.59 Å². The zero-order valence-electron chi connectivity index (χ0n) is 14.5. The lowest BCUT2D eigenvalue weighted by atomic mass is 9.95. The zero-order chi connectivity index (χ0) is 16.9. The Bertz CT molecular complexity index is 584. The van der Waals surface area contributed by atoms with Gasteiger partial charge < -0.3 is 10.6 Å². The minimum Gasteiger partial charge on any atom is -0.349 e. The summed E-state index contributed by atoms with van der Waals surface area (Å²) in [5, 5.41) is 10.3. The van der Waals surface area contributed by atoms with Crippen molar-refractivity contribution in [2.75, 3.05) is 0 Å². The van der Waals surface area contributed by atoms with Crippen LogP contribution >= 0.6 is 0 Å². The maximum Gasteiger partial charge on any atom is 0.270 e. The second-order valence-corrected chi connectivity index (χ2v) is 7.15. The van der Waals surface area contributed by atoms with Gasteiger partial charge in [-0.1, -0.05) is 38.5 Å². The Labute approximate surface area is 143 Å². The van der Waals surface area contributed by atoms with Crippen molar-refractivity contribution < 1.29 is 9.59 Å². The molecule has 2 aliphatic carbocycles. The molecule has 0 bridgehead atoms. The summed E-state index contributed by atoms with van der Waals surface area (Å²) < 4.78 is 1.51. The molecular formula is C18H28N4O2. The molecule has 2 saturated carbocycles. The van der Waals surface area contributed by atoms with Crippen LogP contribution in [0.3, 0.4) is 0 Å².